The van der Waals surface area contributed by atoms with Crippen LogP contribution in [0.4, 0.5) is 11.9 Å². The van der Waals surface area contributed by atoms with Gasteiger partial charge >= 0.3 is 0 Å². The lowest BCUT2D eigenvalue weighted by Crippen LogP contribution is -2.28. The number of nitrogens with two attached hydrogens (primary N) is 1. The van der Waals surface area contributed by atoms with Crippen molar-refractivity contribution in [3.8, 4) is 5.95 Å². The van der Waals surface area contributed by atoms with Crippen molar-refractivity contribution in [3.05, 3.63) is 18.7 Å². The Bertz CT molecular complexity index is 567. The van der Waals surface area contributed by atoms with Gasteiger partial charge < -0.3 is 10.1 Å². The van der Waals surface area contributed by atoms with Crippen LogP contribution in [0.15, 0.2) is 18.7 Å². The van der Waals surface area contributed by atoms with Crippen LogP contribution in [0, 0.1) is 0 Å². The van der Waals surface area contributed by atoms with Crippen LogP contribution in [-0.4, -0.2) is 43.8 Å². The van der Waals surface area contributed by atoms with Crippen LogP contribution in [0.3, 0.4) is 0 Å². The first-order valence-corrected chi connectivity index (χ1v) is 6.91. The summed E-state index contributed by atoms with van der Waals surface area (Å²) in [5.41, 5.74) is 2.44. The monoisotopic (exact) mass is 290 g/mol. The van der Waals surface area contributed by atoms with Gasteiger partial charge in [0, 0.05) is 25.5 Å². The molecule has 4 N–H and O–H groups in total. The van der Waals surface area contributed by atoms with E-state index in [1.807, 2.05) is 0 Å². The molecule has 0 aromatic carbocycles. The number of nitrogen functional groups attached to an aromatic ring is 1. The standard InChI is InChI=1S/C12H18N8O/c13-19-11-16-10(15-7-9-3-1-2-6-21-9)17-12(18-11)20-5-4-14-8-20/h4-5,8-9H,1-3,6-7,13H2,(H2,15,16,17,18,19). The predicted molar refractivity (Wildman–Crippen MR) is 76.8 cm³/mol. The molecule has 3 heterocycles. The van der Waals surface area contributed by atoms with Gasteiger partial charge in [0.2, 0.25) is 17.8 Å². The second-order valence-corrected chi connectivity index (χ2v) is 4.77. The summed E-state index contributed by atoms with van der Waals surface area (Å²) in [5.74, 6) is 6.59. The molecule has 9 heteroatoms. The van der Waals surface area contributed by atoms with Crippen molar-refractivity contribution in [2.45, 2.75) is 25.4 Å². The van der Waals surface area contributed by atoms with Crippen LogP contribution in [0.5, 0.6) is 0 Å². The summed E-state index contributed by atoms with van der Waals surface area (Å²) in [7, 11) is 0. The van der Waals surface area contributed by atoms with Crippen molar-refractivity contribution < 1.29 is 4.74 Å². The van der Waals surface area contributed by atoms with E-state index in [0.717, 1.165) is 19.4 Å². The molecule has 21 heavy (non-hydrogen) atoms. The Morgan fingerprint density at radius 1 is 1.29 bits per heavy atom. The van der Waals surface area contributed by atoms with Gasteiger partial charge in [-0.1, -0.05) is 0 Å². The van der Waals surface area contributed by atoms with E-state index in [4.69, 9.17) is 10.6 Å². The number of rotatable bonds is 5. The Kier molecular flexibility index (Phi) is 4.22. The molecule has 0 radical (unpaired) electrons. The lowest BCUT2D eigenvalue weighted by Gasteiger charge is -2.22. The van der Waals surface area contributed by atoms with Crippen molar-refractivity contribution in [1.82, 2.24) is 24.5 Å². The Morgan fingerprint density at radius 3 is 2.90 bits per heavy atom. The highest BCUT2D eigenvalue weighted by atomic mass is 16.5. The summed E-state index contributed by atoms with van der Waals surface area (Å²) in [6.45, 7) is 1.48. The van der Waals surface area contributed by atoms with Gasteiger partial charge in [0.25, 0.3) is 0 Å². The van der Waals surface area contributed by atoms with Gasteiger partial charge in [-0.15, -0.1) is 0 Å². The van der Waals surface area contributed by atoms with Gasteiger partial charge in [-0.25, -0.2) is 10.8 Å². The zero-order chi connectivity index (χ0) is 14.5. The van der Waals surface area contributed by atoms with Gasteiger partial charge in [0.15, 0.2) is 0 Å². The number of hydrogen-bond acceptors (Lipinski definition) is 8. The molecule has 2 aromatic rings. The van der Waals surface area contributed by atoms with Crippen molar-refractivity contribution in [2.75, 3.05) is 23.9 Å². The quantitative estimate of drug-likeness (QED) is 0.532. The second kappa shape index (κ2) is 6.46. The molecule has 0 saturated carbocycles. The first-order chi connectivity index (χ1) is 10.3. The molecule has 2 aromatic heterocycles. The summed E-state index contributed by atoms with van der Waals surface area (Å²) in [6.07, 6.45) is 8.60. The predicted octanol–water partition coefficient (Wildman–Crippen LogP) is 0.324. The summed E-state index contributed by atoms with van der Waals surface area (Å²) < 4.78 is 7.35. The summed E-state index contributed by atoms with van der Waals surface area (Å²) >= 11 is 0. The molecule has 1 saturated heterocycles. The molecule has 1 aliphatic rings. The SMILES string of the molecule is NNc1nc(NCC2CCCCO2)nc(-n2ccnc2)n1. The molecule has 0 amide bonds. The third kappa shape index (κ3) is 3.44. The van der Waals surface area contributed by atoms with Crippen LogP contribution in [0.2, 0.25) is 0 Å². The molecule has 1 unspecified atom stereocenters. The fourth-order valence-electron chi connectivity index (χ4n) is 2.17. The number of hydrazine groups is 1. The van der Waals surface area contributed by atoms with Gasteiger partial charge in [0.1, 0.15) is 6.33 Å². The van der Waals surface area contributed by atoms with E-state index in [2.05, 4.69) is 30.7 Å². The fourth-order valence-corrected chi connectivity index (χ4v) is 2.17. The fraction of sp³-hybridized carbons (Fsp3) is 0.500. The zero-order valence-electron chi connectivity index (χ0n) is 11.6. The lowest BCUT2D eigenvalue weighted by molar-refractivity contribution is 0.0246. The first kappa shape index (κ1) is 13.7. The van der Waals surface area contributed by atoms with Crippen molar-refractivity contribution in [2.24, 2.45) is 5.84 Å². The van der Waals surface area contributed by atoms with Crippen LogP contribution < -0.4 is 16.6 Å². The van der Waals surface area contributed by atoms with Gasteiger partial charge in [-0.05, 0) is 19.3 Å². The van der Waals surface area contributed by atoms with E-state index in [1.165, 1.54) is 6.42 Å². The van der Waals surface area contributed by atoms with E-state index < -0.39 is 0 Å². The van der Waals surface area contributed by atoms with E-state index in [0.29, 0.717) is 24.4 Å². The second-order valence-electron chi connectivity index (χ2n) is 4.77. The normalized spacial score (nSPS) is 18.4. The van der Waals surface area contributed by atoms with Crippen molar-refractivity contribution in [3.63, 3.8) is 0 Å². The summed E-state index contributed by atoms with van der Waals surface area (Å²) in [4.78, 5) is 16.7. The highest BCUT2D eigenvalue weighted by Crippen LogP contribution is 2.14. The minimum absolute atomic E-state index is 0.196. The van der Waals surface area contributed by atoms with E-state index in [1.54, 1.807) is 23.3 Å². The molecule has 0 spiro atoms. The highest BCUT2D eigenvalue weighted by Gasteiger charge is 2.14. The number of anilines is 2. The lowest BCUT2D eigenvalue weighted by atomic mass is 10.1. The molecule has 1 aliphatic heterocycles. The smallest absolute Gasteiger partial charge is 0.243 e. The maximum Gasteiger partial charge on any atom is 0.243 e. The molecule has 0 aliphatic carbocycles. The van der Waals surface area contributed by atoms with Crippen LogP contribution >= 0.6 is 0 Å². The van der Waals surface area contributed by atoms with Crippen LogP contribution in [0.25, 0.3) is 5.95 Å². The largest absolute Gasteiger partial charge is 0.376 e. The van der Waals surface area contributed by atoms with E-state index in [-0.39, 0.29) is 6.10 Å². The van der Waals surface area contributed by atoms with Crippen LogP contribution in [-0.2, 0) is 4.74 Å². The number of nitrogens with zero attached hydrogens (tertiary/aromatic N) is 5. The number of aromatic nitrogens is 5. The third-order valence-corrected chi connectivity index (χ3v) is 3.25. The molecule has 3 rings (SSSR count). The summed E-state index contributed by atoms with van der Waals surface area (Å²) in [5, 5.41) is 3.17. The maximum atomic E-state index is 5.67. The van der Waals surface area contributed by atoms with Gasteiger partial charge in [-0.2, -0.15) is 15.0 Å². The topological polar surface area (TPSA) is 116 Å². The van der Waals surface area contributed by atoms with Crippen LogP contribution in [0.1, 0.15) is 19.3 Å². The van der Waals surface area contributed by atoms with Gasteiger partial charge in [0.05, 0.1) is 6.10 Å². The number of ether oxygens (including phenoxy) is 1. The molecule has 1 atom stereocenters. The Labute approximate surface area is 121 Å². The highest BCUT2D eigenvalue weighted by molar-refractivity contribution is 5.37. The molecule has 112 valence electrons. The average molecular weight is 290 g/mol. The first-order valence-electron chi connectivity index (χ1n) is 6.91. The maximum absolute atomic E-state index is 5.67. The van der Waals surface area contributed by atoms with Crippen molar-refractivity contribution >= 4 is 11.9 Å². The molecular weight excluding hydrogens is 272 g/mol. The molecule has 9 nitrogen and oxygen atoms in total. The Balaban J connectivity index is 1.73. The molecular formula is C12H18N8O. The Hall–Kier alpha value is -2.26. The number of nitrogens with one attached hydrogen (secondary N) is 2. The minimum Gasteiger partial charge on any atom is -0.376 e. The Morgan fingerprint density at radius 2 is 2.19 bits per heavy atom. The van der Waals surface area contributed by atoms with Gasteiger partial charge in [-0.3, -0.25) is 9.99 Å². The molecule has 1 fully saturated rings. The van der Waals surface area contributed by atoms with E-state index >= 15 is 0 Å². The molecule has 0 bridgehead atoms. The minimum atomic E-state index is 0.196. The number of hydrogen-bond donors (Lipinski definition) is 3. The van der Waals surface area contributed by atoms with E-state index in [9.17, 15) is 0 Å². The zero-order valence-corrected chi connectivity index (χ0v) is 11.6. The number of imidazole rings is 1. The summed E-state index contributed by atoms with van der Waals surface area (Å²) in [6, 6.07) is 0. The average Bonchev–Trinajstić information content (AvgIpc) is 3.08. The third-order valence-electron chi connectivity index (χ3n) is 3.25. The van der Waals surface area contributed by atoms with Crippen molar-refractivity contribution in [1.29, 1.82) is 0 Å².